The molecular formula is C17H17Br2NO. The maximum Gasteiger partial charge on any atom is 0.123 e. The number of halogens is 2. The van der Waals surface area contributed by atoms with Crippen molar-refractivity contribution in [2.45, 2.75) is 25.5 Å². The van der Waals surface area contributed by atoms with Crippen molar-refractivity contribution < 1.29 is 4.74 Å². The molecule has 1 N–H and O–H groups in total. The van der Waals surface area contributed by atoms with Gasteiger partial charge >= 0.3 is 0 Å². The Kier molecular flexibility index (Phi) is 4.67. The minimum absolute atomic E-state index is 0.212. The lowest BCUT2D eigenvalue weighted by molar-refractivity contribution is 0.222. The summed E-state index contributed by atoms with van der Waals surface area (Å²) in [6.07, 6.45) is 1.18. The Morgan fingerprint density at radius 3 is 2.81 bits per heavy atom. The zero-order chi connectivity index (χ0) is 14.8. The van der Waals surface area contributed by atoms with Gasteiger partial charge in [-0.1, -0.05) is 44.0 Å². The Morgan fingerprint density at radius 1 is 1.19 bits per heavy atom. The summed E-state index contributed by atoms with van der Waals surface area (Å²) in [6.45, 7) is 3.03. The molecule has 4 heteroatoms. The molecule has 1 aliphatic heterocycles. The average Bonchev–Trinajstić information content (AvgIpc) is 2.86. The van der Waals surface area contributed by atoms with Crippen molar-refractivity contribution in [3.63, 3.8) is 0 Å². The van der Waals surface area contributed by atoms with Gasteiger partial charge in [-0.25, -0.2) is 0 Å². The van der Waals surface area contributed by atoms with Crippen LogP contribution in [-0.2, 0) is 6.42 Å². The Morgan fingerprint density at radius 2 is 2.00 bits per heavy atom. The summed E-state index contributed by atoms with van der Waals surface area (Å²) in [5.74, 6) is 1.01. The highest BCUT2D eigenvalue weighted by molar-refractivity contribution is 9.10. The molecule has 1 heterocycles. The zero-order valence-corrected chi connectivity index (χ0v) is 14.9. The van der Waals surface area contributed by atoms with E-state index in [1.807, 2.05) is 18.2 Å². The fourth-order valence-electron chi connectivity index (χ4n) is 2.60. The van der Waals surface area contributed by atoms with Gasteiger partial charge < -0.3 is 10.1 Å². The van der Waals surface area contributed by atoms with Crippen LogP contribution in [0.4, 0.5) is 0 Å². The standard InChI is InChI=1S/C17H17Br2NO/c1-11(12-3-2-4-14(18)7-12)20-10-16-9-13-8-15(19)5-6-17(13)21-16/h2-8,11,16,20H,9-10H2,1H3/t11-,16?/m0/s1. The van der Waals surface area contributed by atoms with Crippen molar-refractivity contribution in [2.75, 3.05) is 6.54 Å². The summed E-state index contributed by atoms with van der Waals surface area (Å²) < 4.78 is 8.21. The third-order valence-electron chi connectivity index (χ3n) is 3.76. The van der Waals surface area contributed by atoms with Crippen LogP contribution in [0.25, 0.3) is 0 Å². The van der Waals surface area contributed by atoms with Crippen molar-refractivity contribution in [3.8, 4) is 5.75 Å². The summed E-state index contributed by atoms with van der Waals surface area (Å²) in [4.78, 5) is 0. The monoisotopic (exact) mass is 409 g/mol. The normalized spacial score (nSPS) is 18.1. The van der Waals surface area contributed by atoms with Crippen molar-refractivity contribution in [1.29, 1.82) is 0 Å². The second-order valence-corrected chi connectivity index (χ2v) is 7.21. The molecule has 0 spiro atoms. The summed E-state index contributed by atoms with van der Waals surface area (Å²) in [5, 5.41) is 3.56. The van der Waals surface area contributed by atoms with E-state index < -0.39 is 0 Å². The lowest BCUT2D eigenvalue weighted by atomic mass is 10.1. The van der Waals surface area contributed by atoms with Gasteiger partial charge in [-0.3, -0.25) is 0 Å². The van der Waals surface area contributed by atoms with E-state index in [4.69, 9.17) is 4.74 Å². The maximum atomic E-state index is 5.98. The van der Waals surface area contributed by atoms with Crippen LogP contribution in [0.15, 0.2) is 51.4 Å². The Bertz CT molecular complexity index is 644. The van der Waals surface area contributed by atoms with E-state index in [2.05, 4.69) is 68.4 Å². The van der Waals surface area contributed by atoms with Crippen LogP contribution in [-0.4, -0.2) is 12.6 Å². The van der Waals surface area contributed by atoms with Gasteiger partial charge in [0.2, 0.25) is 0 Å². The summed E-state index contributed by atoms with van der Waals surface area (Å²) >= 11 is 7.03. The van der Waals surface area contributed by atoms with Gasteiger partial charge in [0.25, 0.3) is 0 Å². The number of rotatable bonds is 4. The number of hydrogen-bond donors (Lipinski definition) is 1. The molecule has 2 atom stereocenters. The predicted octanol–water partition coefficient (Wildman–Crippen LogP) is 4.87. The number of benzene rings is 2. The molecule has 0 saturated heterocycles. The molecule has 0 amide bonds. The smallest absolute Gasteiger partial charge is 0.123 e. The Balaban J connectivity index is 1.57. The van der Waals surface area contributed by atoms with Crippen LogP contribution in [0.2, 0.25) is 0 Å². The number of nitrogens with one attached hydrogen (secondary N) is 1. The van der Waals surface area contributed by atoms with Gasteiger partial charge in [-0.2, -0.15) is 0 Å². The highest BCUT2D eigenvalue weighted by Gasteiger charge is 2.23. The van der Waals surface area contributed by atoms with Crippen LogP contribution >= 0.6 is 31.9 Å². The first-order valence-corrected chi connectivity index (χ1v) is 8.64. The van der Waals surface area contributed by atoms with Gasteiger partial charge in [0.1, 0.15) is 11.9 Å². The average molecular weight is 411 g/mol. The van der Waals surface area contributed by atoms with Gasteiger partial charge in [0, 0.05) is 28.0 Å². The molecule has 0 saturated carbocycles. The van der Waals surface area contributed by atoms with Crippen molar-refractivity contribution in [1.82, 2.24) is 5.32 Å². The maximum absolute atomic E-state index is 5.98. The van der Waals surface area contributed by atoms with Crippen LogP contribution in [0.5, 0.6) is 5.75 Å². The molecule has 1 aliphatic rings. The Labute approximate surface area is 142 Å². The zero-order valence-electron chi connectivity index (χ0n) is 11.8. The Hall–Kier alpha value is -0.840. The second kappa shape index (κ2) is 6.51. The van der Waals surface area contributed by atoms with Crippen LogP contribution < -0.4 is 10.1 Å². The summed E-state index contributed by atoms with van der Waals surface area (Å²) in [7, 11) is 0. The van der Waals surface area contributed by atoms with E-state index in [-0.39, 0.29) is 6.10 Å². The molecule has 21 heavy (non-hydrogen) atoms. The molecule has 0 aromatic heterocycles. The second-order valence-electron chi connectivity index (χ2n) is 5.38. The van der Waals surface area contributed by atoms with Gasteiger partial charge in [0.05, 0.1) is 0 Å². The quantitative estimate of drug-likeness (QED) is 0.776. The molecule has 3 rings (SSSR count). The molecule has 2 nitrogen and oxygen atoms in total. The third-order valence-corrected chi connectivity index (χ3v) is 4.75. The van der Waals surface area contributed by atoms with Crippen LogP contribution in [0, 0.1) is 0 Å². The highest BCUT2D eigenvalue weighted by Crippen LogP contribution is 2.31. The first-order valence-electron chi connectivity index (χ1n) is 7.06. The summed E-state index contributed by atoms with van der Waals surface area (Å²) in [5.41, 5.74) is 2.56. The van der Waals surface area contributed by atoms with E-state index in [1.54, 1.807) is 0 Å². The number of ether oxygens (including phenoxy) is 1. The SMILES string of the molecule is C[C@H](NCC1Cc2cc(Br)ccc2O1)c1cccc(Br)c1. The molecule has 0 radical (unpaired) electrons. The lowest BCUT2D eigenvalue weighted by Crippen LogP contribution is -2.31. The summed E-state index contributed by atoms with van der Waals surface area (Å²) in [6, 6.07) is 14.9. The largest absolute Gasteiger partial charge is 0.488 e. The molecule has 110 valence electrons. The van der Waals surface area contributed by atoms with Crippen LogP contribution in [0.1, 0.15) is 24.1 Å². The molecular weight excluding hydrogens is 394 g/mol. The van der Waals surface area contributed by atoms with Gasteiger partial charge in [0.15, 0.2) is 0 Å². The van der Waals surface area contributed by atoms with Crippen LogP contribution in [0.3, 0.4) is 0 Å². The number of fused-ring (bicyclic) bond motifs is 1. The topological polar surface area (TPSA) is 21.3 Å². The fourth-order valence-corrected chi connectivity index (χ4v) is 3.43. The fraction of sp³-hybridized carbons (Fsp3) is 0.294. The van der Waals surface area contributed by atoms with E-state index in [0.29, 0.717) is 6.04 Å². The minimum Gasteiger partial charge on any atom is -0.488 e. The van der Waals surface area contributed by atoms with E-state index in [9.17, 15) is 0 Å². The third kappa shape index (κ3) is 3.68. The van der Waals surface area contributed by atoms with Crippen molar-refractivity contribution in [3.05, 3.63) is 62.5 Å². The van der Waals surface area contributed by atoms with E-state index in [1.165, 1.54) is 11.1 Å². The number of hydrogen-bond acceptors (Lipinski definition) is 2. The predicted molar refractivity (Wildman–Crippen MR) is 92.8 cm³/mol. The van der Waals surface area contributed by atoms with Gasteiger partial charge in [-0.15, -0.1) is 0 Å². The lowest BCUT2D eigenvalue weighted by Gasteiger charge is -2.18. The minimum atomic E-state index is 0.212. The highest BCUT2D eigenvalue weighted by atomic mass is 79.9. The van der Waals surface area contributed by atoms with E-state index >= 15 is 0 Å². The molecule has 2 aromatic rings. The molecule has 0 bridgehead atoms. The molecule has 1 unspecified atom stereocenters. The van der Waals surface area contributed by atoms with Crippen molar-refractivity contribution >= 4 is 31.9 Å². The molecule has 0 aliphatic carbocycles. The molecule has 2 aromatic carbocycles. The van der Waals surface area contributed by atoms with Crippen molar-refractivity contribution in [2.24, 2.45) is 0 Å². The first-order chi connectivity index (χ1) is 10.1. The van der Waals surface area contributed by atoms with E-state index in [0.717, 1.165) is 27.7 Å². The molecule has 0 fully saturated rings. The van der Waals surface area contributed by atoms with Gasteiger partial charge in [-0.05, 0) is 48.4 Å². The first kappa shape index (κ1) is 15.1.